The van der Waals surface area contributed by atoms with Crippen molar-refractivity contribution in [2.24, 2.45) is 0 Å². The molecule has 1 fully saturated rings. The lowest BCUT2D eigenvalue weighted by Crippen LogP contribution is -2.37. The second-order valence-electron chi connectivity index (χ2n) is 4.68. The van der Waals surface area contributed by atoms with Gasteiger partial charge in [-0.2, -0.15) is 0 Å². The number of alkyl halides is 1. The van der Waals surface area contributed by atoms with Crippen molar-refractivity contribution in [3.63, 3.8) is 0 Å². The predicted molar refractivity (Wildman–Crippen MR) is 70.6 cm³/mol. The summed E-state index contributed by atoms with van der Waals surface area (Å²) in [4.78, 5) is 13.6. The van der Waals surface area contributed by atoms with Crippen LogP contribution in [0.2, 0.25) is 0 Å². The number of hydrogen-bond donors (Lipinski definition) is 1. The van der Waals surface area contributed by atoms with Crippen LogP contribution in [0.3, 0.4) is 0 Å². The second kappa shape index (κ2) is 7.09. The van der Waals surface area contributed by atoms with Gasteiger partial charge in [-0.1, -0.05) is 30.3 Å². The maximum absolute atomic E-state index is 12.2. The number of carbonyl (C=O) groups is 1. The SMILES string of the molecule is O=C(NC1CCN(CCF)C1)OCc1ccccc1. The summed E-state index contributed by atoms with van der Waals surface area (Å²) in [7, 11) is 0. The molecule has 1 saturated heterocycles. The number of nitrogens with zero attached hydrogens (tertiary/aromatic N) is 1. The van der Waals surface area contributed by atoms with E-state index in [0.29, 0.717) is 13.1 Å². The van der Waals surface area contributed by atoms with E-state index >= 15 is 0 Å². The number of nitrogens with one attached hydrogen (secondary N) is 1. The molecule has 1 amide bonds. The highest BCUT2D eigenvalue weighted by molar-refractivity contribution is 5.67. The highest BCUT2D eigenvalue weighted by Crippen LogP contribution is 2.09. The number of alkyl carbamates (subject to hydrolysis) is 1. The molecule has 5 heteroatoms. The van der Waals surface area contributed by atoms with E-state index in [9.17, 15) is 9.18 Å². The first-order chi connectivity index (χ1) is 9.28. The van der Waals surface area contributed by atoms with E-state index in [1.165, 1.54) is 0 Å². The first kappa shape index (κ1) is 13.8. The van der Waals surface area contributed by atoms with E-state index in [1.807, 2.05) is 35.2 Å². The van der Waals surface area contributed by atoms with Crippen LogP contribution in [-0.2, 0) is 11.3 Å². The highest BCUT2D eigenvalue weighted by atomic mass is 19.1. The van der Waals surface area contributed by atoms with E-state index in [1.54, 1.807) is 0 Å². The molecule has 1 aliphatic rings. The van der Waals surface area contributed by atoms with E-state index in [0.717, 1.165) is 18.5 Å². The van der Waals surface area contributed by atoms with Crippen LogP contribution in [0.1, 0.15) is 12.0 Å². The molecular formula is C14H19FN2O2. The van der Waals surface area contributed by atoms with Gasteiger partial charge in [0, 0.05) is 25.7 Å². The van der Waals surface area contributed by atoms with E-state index in [2.05, 4.69) is 5.32 Å². The average molecular weight is 266 g/mol. The summed E-state index contributed by atoms with van der Waals surface area (Å²) in [5.41, 5.74) is 0.961. The molecule has 4 nitrogen and oxygen atoms in total. The number of amides is 1. The summed E-state index contributed by atoms with van der Waals surface area (Å²) in [6.45, 7) is 1.90. The van der Waals surface area contributed by atoms with Gasteiger partial charge in [-0.3, -0.25) is 4.90 Å². The zero-order valence-corrected chi connectivity index (χ0v) is 10.8. The largest absolute Gasteiger partial charge is 0.445 e. The van der Waals surface area contributed by atoms with Crippen molar-refractivity contribution in [2.75, 3.05) is 26.3 Å². The molecule has 1 aromatic rings. The number of hydrogen-bond acceptors (Lipinski definition) is 3. The van der Waals surface area contributed by atoms with Gasteiger partial charge in [0.25, 0.3) is 0 Å². The van der Waals surface area contributed by atoms with Crippen LogP contribution < -0.4 is 5.32 Å². The van der Waals surface area contributed by atoms with Gasteiger partial charge in [0.2, 0.25) is 0 Å². The number of rotatable bonds is 5. The van der Waals surface area contributed by atoms with Gasteiger partial charge in [0.15, 0.2) is 0 Å². The third kappa shape index (κ3) is 4.52. The van der Waals surface area contributed by atoms with Crippen molar-refractivity contribution >= 4 is 6.09 Å². The zero-order chi connectivity index (χ0) is 13.5. The average Bonchev–Trinajstić information content (AvgIpc) is 2.85. The minimum Gasteiger partial charge on any atom is -0.445 e. The smallest absolute Gasteiger partial charge is 0.407 e. The first-order valence-corrected chi connectivity index (χ1v) is 6.53. The third-order valence-electron chi connectivity index (χ3n) is 3.21. The van der Waals surface area contributed by atoms with Crippen molar-refractivity contribution in [2.45, 2.75) is 19.1 Å². The maximum atomic E-state index is 12.2. The molecule has 104 valence electrons. The Hall–Kier alpha value is -1.62. The first-order valence-electron chi connectivity index (χ1n) is 6.53. The number of halogens is 1. The molecule has 0 bridgehead atoms. The Labute approximate surface area is 112 Å². The van der Waals surface area contributed by atoms with Gasteiger partial charge in [0.1, 0.15) is 13.3 Å². The van der Waals surface area contributed by atoms with Crippen molar-refractivity contribution in [1.82, 2.24) is 10.2 Å². The fourth-order valence-corrected chi connectivity index (χ4v) is 2.20. The normalized spacial score (nSPS) is 19.3. The van der Waals surface area contributed by atoms with Crippen LogP contribution in [-0.4, -0.2) is 43.3 Å². The molecule has 1 aliphatic heterocycles. The fourth-order valence-electron chi connectivity index (χ4n) is 2.20. The molecule has 19 heavy (non-hydrogen) atoms. The molecule has 2 rings (SSSR count). The predicted octanol–water partition coefficient (Wildman–Crippen LogP) is 1.96. The van der Waals surface area contributed by atoms with Crippen molar-refractivity contribution in [3.05, 3.63) is 35.9 Å². The molecule has 0 spiro atoms. The number of likely N-dealkylation sites (tertiary alicyclic amines) is 1. The Kier molecular flexibility index (Phi) is 5.15. The van der Waals surface area contributed by atoms with Crippen LogP contribution in [0.25, 0.3) is 0 Å². The standard InChI is InChI=1S/C14H19FN2O2/c15-7-9-17-8-6-13(10-17)16-14(18)19-11-12-4-2-1-3-5-12/h1-5,13H,6-11H2,(H,16,18). The summed E-state index contributed by atoms with van der Waals surface area (Å²) < 4.78 is 17.3. The lowest BCUT2D eigenvalue weighted by Gasteiger charge is -2.15. The minimum atomic E-state index is -0.407. The summed E-state index contributed by atoms with van der Waals surface area (Å²) in [6.07, 6.45) is 0.441. The number of carbonyl (C=O) groups excluding carboxylic acids is 1. The lowest BCUT2D eigenvalue weighted by atomic mass is 10.2. The highest BCUT2D eigenvalue weighted by Gasteiger charge is 2.23. The molecule has 1 atom stereocenters. The summed E-state index contributed by atoms with van der Waals surface area (Å²) >= 11 is 0. The Balaban J connectivity index is 1.68. The monoisotopic (exact) mass is 266 g/mol. The van der Waals surface area contributed by atoms with Gasteiger partial charge >= 0.3 is 6.09 Å². The molecule has 0 aliphatic carbocycles. The van der Waals surface area contributed by atoms with Crippen molar-refractivity contribution < 1.29 is 13.9 Å². The topological polar surface area (TPSA) is 41.6 Å². The fraction of sp³-hybridized carbons (Fsp3) is 0.500. The molecule has 1 N–H and O–H groups in total. The van der Waals surface area contributed by atoms with Gasteiger partial charge in [-0.15, -0.1) is 0 Å². The Bertz CT molecular complexity index is 400. The maximum Gasteiger partial charge on any atom is 0.407 e. The Morgan fingerprint density at radius 2 is 2.21 bits per heavy atom. The van der Waals surface area contributed by atoms with Gasteiger partial charge < -0.3 is 10.1 Å². The molecule has 1 aromatic carbocycles. The second-order valence-corrected chi connectivity index (χ2v) is 4.68. The third-order valence-corrected chi connectivity index (χ3v) is 3.21. The molecule has 0 radical (unpaired) electrons. The van der Waals surface area contributed by atoms with Gasteiger partial charge in [-0.25, -0.2) is 9.18 Å². The van der Waals surface area contributed by atoms with Crippen LogP contribution in [0, 0.1) is 0 Å². The van der Waals surface area contributed by atoms with Crippen LogP contribution in [0.4, 0.5) is 9.18 Å². The van der Waals surface area contributed by atoms with Gasteiger partial charge in [-0.05, 0) is 12.0 Å². The molecule has 0 saturated carbocycles. The van der Waals surface area contributed by atoms with E-state index in [-0.39, 0.29) is 19.3 Å². The molecule has 1 heterocycles. The van der Waals surface area contributed by atoms with Crippen LogP contribution in [0.5, 0.6) is 0 Å². The quantitative estimate of drug-likeness (QED) is 0.885. The molecule has 0 aromatic heterocycles. The van der Waals surface area contributed by atoms with Crippen LogP contribution in [0.15, 0.2) is 30.3 Å². The summed E-state index contributed by atoms with van der Waals surface area (Å²) in [6, 6.07) is 9.61. The van der Waals surface area contributed by atoms with E-state index in [4.69, 9.17) is 4.74 Å². The van der Waals surface area contributed by atoms with E-state index < -0.39 is 6.09 Å². The minimum absolute atomic E-state index is 0.0647. The zero-order valence-electron chi connectivity index (χ0n) is 10.8. The summed E-state index contributed by atoms with van der Waals surface area (Å²) in [5.74, 6) is 0. The Morgan fingerprint density at radius 3 is 2.95 bits per heavy atom. The summed E-state index contributed by atoms with van der Waals surface area (Å²) in [5, 5.41) is 2.81. The van der Waals surface area contributed by atoms with Crippen molar-refractivity contribution in [1.29, 1.82) is 0 Å². The lowest BCUT2D eigenvalue weighted by molar-refractivity contribution is 0.135. The van der Waals surface area contributed by atoms with Gasteiger partial charge in [0.05, 0.1) is 0 Å². The molecule has 1 unspecified atom stereocenters. The van der Waals surface area contributed by atoms with Crippen molar-refractivity contribution in [3.8, 4) is 0 Å². The Morgan fingerprint density at radius 1 is 1.42 bits per heavy atom. The number of benzene rings is 1. The van der Waals surface area contributed by atoms with Crippen LogP contribution >= 0.6 is 0 Å². The number of ether oxygens (including phenoxy) is 1. The molecular weight excluding hydrogens is 247 g/mol.